The van der Waals surface area contributed by atoms with Crippen LogP contribution in [0.4, 0.5) is 0 Å². The first-order valence-corrected chi connectivity index (χ1v) is 9.26. The minimum Gasteiger partial charge on any atom is -0.388 e. The largest absolute Gasteiger partial charge is 0.388 e. The Labute approximate surface area is 118 Å². The molecule has 108 valence electrons. The average Bonchev–Trinajstić information content (AvgIpc) is 2.95. The van der Waals surface area contributed by atoms with Crippen LogP contribution in [-0.2, 0) is 15.4 Å². The Morgan fingerprint density at radius 2 is 2.05 bits per heavy atom. The minimum absolute atomic E-state index is 0.0825. The van der Waals surface area contributed by atoms with Crippen molar-refractivity contribution in [3.05, 3.63) is 21.9 Å². The van der Waals surface area contributed by atoms with E-state index in [2.05, 4.69) is 4.72 Å². The first kappa shape index (κ1) is 15.0. The summed E-state index contributed by atoms with van der Waals surface area (Å²) in [6, 6.07) is 3.99. The van der Waals surface area contributed by atoms with Crippen LogP contribution in [0.1, 0.15) is 48.5 Å². The quantitative estimate of drug-likeness (QED) is 0.876. The second-order valence-corrected chi connectivity index (χ2v) is 8.41. The second-order valence-electron chi connectivity index (χ2n) is 5.46. The molecule has 1 fully saturated rings. The van der Waals surface area contributed by atoms with Crippen LogP contribution in [-0.4, -0.2) is 26.3 Å². The fourth-order valence-electron chi connectivity index (χ4n) is 2.69. The molecule has 4 nitrogen and oxygen atoms in total. The summed E-state index contributed by atoms with van der Waals surface area (Å²) in [5, 5.41) is 9.62. The SMILES string of the molecule is C[C@@H](O)c1ccc(C2(CNS(C)(=O)=O)CCCC2)s1. The molecular formula is C13H21NO3S2. The summed E-state index contributed by atoms with van der Waals surface area (Å²) in [5.41, 5.74) is -0.0825. The van der Waals surface area contributed by atoms with E-state index < -0.39 is 16.1 Å². The topological polar surface area (TPSA) is 66.4 Å². The zero-order valence-corrected chi connectivity index (χ0v) is 13.0. The van der Waals surface area contributed by atoms with Gasteiger partial charge in [0.05, 0.1) is 12.4 Å². The molecule has 0 bridgehead atoms. The van der Waals surface area contributed by atoms with Gasteiger partial charge in [-0.25, -0.2) is 13.1 Å². The van der Waals surface area contributed by atoms with Crippen molar-refractivity contribution in [2.24, 2.45) is 0 Å². The Hall–Kier alpha value is -0.430. The lowest BCUT2D eigenvalue weighted by atomic mass is 9.85. The molecule has 0 saturated heterocycles. The highest BCUT2D eigenvalue weighted by Gasteiger charge is 2.37. The highest BCUT2D eigenvalue weighted by molar-refractivity contribution is 7.88. The molecule has 19 heavy (non-hydrogen) atoms. The fraction of sp³-hybridized carbons (Fsp3) is 0.692. The highest BCUT2D eigenvalue weighted by Crippen LogP contribution is 2.44. The Bertz CT molecular complexity index is 528. The lowest BCUT2D eigenvalue weighted by Gasteiger charge is -2.27. The standard InChI is InChI=1S/C13H21NO3S2/c1-10(15)11-5-6-12(18-11)13(7-3-4-8-13)9-14-19(2,16)17/h5-6,10,14-15H,3-4,7-9H2,1-2H3/t10-/m1/s1. The third-order valence-corrected chi connectivity index (χ3v) is 5.97. The van der Waals surface area contributed by atoms with E-state index in [1.54, 1.807) is 18.3 Å². The van der Waals surface area contributed by atoms with E-state index in [9.17, 15) is 13.5 Å². The minimum atomic E-state index is -3.16. The summed E-state index contributed by atoms with van der Waals surface area (Å²) in [5.74, 6) is 0. The predicted molar refractivity (Wildman–Crippen MR) is 77.9 cm³/mol. The lowest BCUT2D eigenvalue weighted by Crippen LogP contribution is -2.37. The monoisotopic (exact) mass is 303 g/mol. The van der Waals surface area contributed by atoms with Crippen molar-refractivity contribution < 1.29 is 13.5 Å². The number of rotatable bonds is 5. The lowest BCUT2D eigenvalue weighted by molar-refractivity contribution is 0.203. The first-order valence-electron chi connectivity index (χ1n) is 6.55. The van der Waals surface area contributed by atoms with Crippen LogP contribution in [0.15, 0.2) is 12.1 Å². The summed E-state index contributed by atoms with van der Waals surface area (Å²) >= 11 is 1.60. The second kappa shape index (κ2) is 5.52. The van der Waals surface area contributed by atoms with Crippen LogP contribution in [0, 0.1) is 0 Å². The normalized spacial score (nSPS) is 20.6. The molecule has 1 saturated carbocycles. The van der Waals surface area contributed by atoms with Gasteiger partial charge in [-0.2, -0.15) is 0 Å². The van der Waals surface area contributed by atoms with Crippen molar-refractivity contribution in [1.29, 1.82) is 0 Å². The zero-order valence-electron chi connectivity index (χ0n) is 11.3. The highest BCUT2D eigenvalue weighted by atomic mass is 32.2. The molecule has 0 amide bonds. The van der Waals surface area contributed by atoms with Crippen LogP contribution in [0.5, 0.6) is 0 Å². The molecule has 2 N–H and O–H groups in total. The van der Waals surface area contributed by atoms with E-state index in [1.807, 2.05) is 12.1 Å². The fourth-order valence-corrected chi connectivity index (χ4v) is 4.42. The molecule has 1 atom stereocenters. The molecular weight excluding hydrogens is 282 g/mol. The number of hydrogen-bond donors (Lipinski definition) is 2. The van der Waals surface area contributed by atoms with E-state index in [4.69, 9.17) is 0 Å². The molecule has 1 aliphatic carbocycles. The molecule has 1 aromatic rings. The van der Waals surface area contributed by atoms with Crippen LogP contribution < -0.4 is 4.72 Å². The summed E-state index contributed by atoms with van der Waals surface area (Å²) in [4.78, 5) is 2.14. The number of hydrogen-bond acceptors (Lipinski definition) is 4. The summed E-state index contributed by atoms with van der Waals surface area (Å²) < 4.78 is 25.3. The number of aliphatic hydroxyl groups is 1. The number of sulfonamides is 1. The van der Waals surface area contributed by atoms with Gasteiger partial charge in [-0.1, -0.05) is 12.8 Å². The van der Waals surface area contributed by atoms with Crippen molar-refractivity contribution >= 4 is 21.4 Å². The van der Waals surface area contributed by atoms with Crippen LogP contribution in [0.2, 0.25) is 0 Å². The molecule has 0 aromatic carbocycles. The molecule has 0 spiro atoms. The van der Waals surface area contributed by atoms with E-state index in [-0.39, 0.29) is 5.41 Å². The van der Waals surface area contributed by atoms with Gasteiger partial charge in [-0.15, -0.1) is 11.3 Å². The molecule has 2 rings (SSSR count). The van der Waals surface area contributed by atoms with Crippen molar-refractivity contribution in [3.8, 4) is 0 Å². The van der Waals surface area contributed by atoms with E-state index in [0.717, 1.165) is 30.6 Å². The smallest absolute Gasteiger partial charge is 0.208 e. The van der Waals surface area contributed by atoms with Gasteiger partial charge in [0.15, 0.2) is 0 Å². The van der Waals surface area contributed by atoms with Gasteiger partial charge < -0.3 is 5.11 Å². The van der Waals surface area contributed by atoms with Gasteiger partial charge >= 0.3 is 0 Å². The van der Waals surface area contributed by atoms with Crippen molar-refractivity contribution in [3.63, 3.8) is 0 Å². The molecule has 0 radical (unpaired) electrons. The maximum Gasteiger partial charge on any atom is 0.208 e. The number of aliphatic hydroxyl groups excluding tert-OH is 1. The summed E-state index contributed by atoms with van der Waals surface area (Å²) in [6.45, 7) is 2.22. The first-order chi connectivity index (χ1) is 8.82. The predicted octanol–water partition coefficient (Wildman–Crippen LogP) is 2.16. The number of nitrogens with one attached hydrogen (secondary N) is 1. The van der Waals surface area contributed by atoms with Crippen molar-refractivity contribution in [1.82, 2.24) is 4.72 Å². The molecule has 0 unspecified atom stereocenters. The van der Waals surface area contributed by atoms with E-state index in [1.165, 1.54) is 11.1 Å². The van der Waals surface area contributed by atoms with Gasteiger partial charge in [0.25, 0.3) is 0 Å². The number of thiophene rings is 1. The molecule has 6 heteroatoms. The van der Waals surface area contributed by atoms with E-state index in [0.29, 0.717) is 6.54 Å². The summed E-state index contributed by atoms with van der Waals surface area (Å²) in [6.07, 6.45) is 5.02. The van der Waals surface area contributed by atoms with Crippen LogP contribution >= 0.6 is 11.3 Å². The third kappa shape index (κ3) is 3.56. The molecule has 1 aliphatic rings. The zero-order chi connectivity index (χ0) is 14.1. The Balaban J connectivity index is 2.23. The molecule has 0 aliphatic heterocycles. The molecule has 1 heterocycles. The average molecular weight is 303 g/mol. The Morgan fingerprint density at radius 3 is 2.53 bits per heavy atom. The van der Waals surface area contributed by atoms with Crippen LogP contribution in [0.3, 0.4) is 0 Å². The van der Waals surface area contributed by atoms with E-state index >= 15 is 0 Å². The molecule has 1 aromatic heterocycles. The van der Waals surface area contributed by atoms with Crippen molar-refractivity contribution in [2.45, 2.75) is 44.1 Å². The maximum atomic E-state index is 11.3. The Morgan fingerprint density at radius 1 is 1.42 bits per heavy atom. The van der Waals surface area contributed by atoms with Gasteiger partial charge in [0.1, 0.15) is 0 Å². The van der Waals surface area contributed by atoms with Gasteiger partial charge in [-0.3, -0.25) is 0 Å². The van der Waals surface area contributed by atoms with Gasteiger partial charge in [0, 0.05) is 21.7 Å². The van der Waals surface area contributed by atoms with Gasteiger partial charge in [0.2, 0.25) is 10.0 Å². The third-order valence-electron chi connectivity index (χ3n) is 3.79. The Kier molecular flexibility index (Phi) is 4.35. The summed E-state index contributed by atoms with van der Waals surface area (Å²) in [7, 11) is -3.16. The van der Waals surface area contributed by atoms with Crippen molar-refractivity contribution in [2.75, 3.05) is 12.8 Å². The maximum absolute atomic E-state index is 11.3. The van der Waals surface area contributed by atoms with Gasteiger partial charge in [-0.05, 0) is 31.9 Å². The van der Waals surface area contributed by atoms with Crippen LogP contribution in [0.25, 0.3) is 0 Å².